The Morgan fingerprint density at radius 2 is 1.74 bits per heavy atom. The van der Waals surface area contributed by atoms with Crippen molar-refractivity contribution in [2.75, 3.05) is 31.1 Å². The molecule has 164 valence electrons. The molecule has 0 saturated heterocycles. The molecule has 7 nitrogen and oxygen atoms in total. The molecule has 1 heterocycles. The number of nitrogens with zero attached hydrogens (tertiary/aromatic N) is 1. The van der Waals surface area contributed by atoms with Crippen LogP contribution in [0.15, 0.2) is 36.4 Å². The summed E-state index contributed by atoms with van der Waals surface area (Å²) in [5.74, 6) is 0.581. The van der Waals surface area contributed by atoms with Crippen molar-refractivity contribution < 1.29 is 19.5 Å². The highest BCUT2D eigenvalue weighted by atomic mass is 32.2. The summed E-state index contributed by atoms with van der Waals surface area (Å²) in [7, 11) is 0. The minimum atomic E-state index is -1.02. The van der Waals surface area contributed by atoms with E-state index in [2.05, 4.69) is 10.6 Å². The molecule has 0 spiro atoms. The second-order valence-electron chi connectivity index (χ2n) is 8.10. The smallest absolute Gasteiger partial charge is 0.256 e. The fourth-order valence-corrected chi connectivity index (χ4v) is 4.60. The average molecular weight is 442 g/mol. The van der Waals surface area contributed by atoms with Gasteiger partial charge in [0.25, 0.3) is 5.91 Å². The van der Waals surface area contributed by atoms with Gasteiger partial charge >= 0.3 is 0 Å². The fourth-order valence-electron chi connectivity index (χ4n) is 3.92. The van der Waals surface area contributed by atoms with Crippen molar-refractivity contribution in [3.05, 3.63) is 47.5 Å². The molecule has 3 amide bonds. The molecule has 31 heavy (non-hydrogen) atoms. The van der Waals surface area contributed by atoms with Crippen LogP contribution in [-0.4, -0.2) is 58.9 Å². The van der Waals surface area contributed by atoms with Crippen molar-refractivity contribution in [3.63, 3.8) is 0 Å². The molecule has 2 aromatic rings. The quantitative estimate of drug-likeness (QED) is 0.553. The highest BCUT2D eigenvalue weighted by molar-refractivity contribution is 8.00. The van der Waals surface area contributed by atoms with Crippen molar-refractivity contribution in [1.82, 2.24) is 15.5 Å². The first-order chi connectivity index (χ1) is 15.0. The molecular weight excluding hydrogens is 414 g/mol. The largest absolute Gasteiger partial charge is 0.369 e. The summed E-state index contributed by atoms with van der Waals surface area (Å²) in [6, 6.07) is 11.4. The number of benzene rings is 2. The van der Waals surface area contributed by atoms with Gasteiger partial charge in [0.1, 0.15) is 0 Å². The van der Waals surface area contributed by atoms with Crippen molar-refractivity contribution in [2.24, 2.45) is 5.92 Å². The first-order valence-electron chi connectivity index (χ1n) is 10.7. The van der Waals surface area contributed by atoms with Crippen LogP contribution >= 0.6 is 11.8 Å². The van der Waals surface area contributed by atoms with E-state index in [4.69, 9.17) is 0 Å². The highest BCUT2D eigenvalue weighted by Gasteiger charge is 2.35. The molecule has 1 atom stereocenters. The summed E-state index contributed by atoms with van der Waals surface area (Å²) >= 11 is 1.27. The van der Waals surface area contributed by atoms with Crippen LogP contribution in [0.5, 0.6) is 0 Å². The SMILES string of the molecule is O=C(CSCC(=O)NCC1CCC1)NCCN1C(=O)c2cc3ccccc3cc2C1O. The van der Waals surface area contributed by atoms with Gasteiger partial charge in [-0.2, -0.15) is 0 Å². The molecule has 8 heteroatoms. The number of carbonyl (C=O) groups excluding carboxylic acids is 3. The fraction of sp³-hybridized carbons (Fsp3) is 0.435. The molecule has 4 rings (SSSR count). The number of amides is 3. The summed E-state index contributed by atoms with van der Waals surface area (Å²) in [6.45, 7) is 1.18. The zero-order chi connectivity index (χ0) is 21.8. The topological polar surface area (TPSA) is 98.7 Å². The lowest BCUT2D eigenvalue weighted by molar-refractivity contribution is -0.119. The van der Waals surface area contributed by atoms with E-state index in [-0.39, 0.29) is 42.3 Å². The van der Waals surface area contributed by atoms with Crippen molar-refractivity contribution in [2.45, 2.75) is 25.5 Å². The standard InChI is InChI=1S/C23H27N3O4S/c27-20(13-31-14-21(28)25-12-15-4-3-5-15)24-8-9-26-22(29)18-10-16-6-1-2-7-17(16)11-19(18)23(26)30/h1-2,6-7,10-11,15,22,29H,3-5,8-9,12-14H2,(H,24,27)(H,25,28). The molecule has 1 fully saturated rings. The summed E-state index contributed by atoms with van der Waals surface area (Å²) in [6.07, 6.45) is 2.60. The summed E-state index contributed by atoms with van der Waals surface area (Å²) < 4.78 is 0. The third kappa shape index (κ3) is 5.02. The van der Waals surface area contributed by atoms with Gasteiger partial charge in [-0.05, 0) is 41.7 Å². The van der Waals surface area contributed by atoms with Gasteiger partial charge in [0.2, 0.25) is 11.8 Å². The van der Waals surface area contributed by atoms with E-state index in [1.807, 2.05) is 36.4 Å². The Bertz CT molecular complexity index is 992. The minimum Gasteiger partial charge on any atom is -0.369 e. The molecule has 1 unspecified atom stereocenters. The van der Waals surface area contributed by atoms with Crippen LogP contribution in [-0.2, 0) is 9.59 Å². The van der Waals surface area contributed by atoms with Gasteiger partial charge < -0.3 is 20.6 Å². The predicted molar refractivity (Wildman–Crippen MR) is 121 cm³/mol. The molecule has 0 aromatic heterocycles. The Morgan fingerprint density at radius 3 is 2.42 bits per heavy atom. The number of rotatable bonds is 9. The third-order valence-electron chi connectivity index (χ3n) is 5.94. The van der Waals surface area contributed by atoms with Gasteiger partial charge in [-0.3, -0.25) is 14.4 Å². The summed E-state index contributed by atoms with van der Waals surface area (Å²) in [5.41, 5.74) is 1.10. The van der Waals surface area contributed by atoms with E-state index in [1.165, 1.54) is 35.9 Å². The van der Waals surface area contributed by atoms with E-state index in [0.717, 1.165) is 17.3 Å². The second kappa shape index (κ2) is 9.70. The molecule has 1 aliphatic carbocycles. The Morgan fingerprint density at radius 1 is 1.06 bits per heavy atom. The molecule has 1 aliphatic heterocycles. The van der Waals surface area contributed by atoms with Crippen molar-refractivity contribution in [3.8, 4) is 0 Å². The molecule has 1 saturated carbocycles. The maximum Gasteiger partial charge on any atom is 0.256 e. The van der Waals surface area contributed by atoms with E-state index < -0.39 is 6.23 Å². The van der Waals surface area contributed by atoms with Gasteiger partial charge in [-0.25, -0.2) is 0 Å². The number of thioether (sulfide) groups is 1. The van der Waals surface area contributed by atoms with Gasteiger partial charge in [0.05, 0.1) is 11.5 Å². The monoisotopic (exact) mass is 441 g/mol. The molecule has 3 N–H and O–H groups in total. The van der Waals surface area contributed by atoms with Gasteiger partial charge in [0, 0.05) is 30.8 Å². The third-order valence-corrected chi connectivity index (χ3v) is 6.87. The maximum absolute atomic E-state index is 12.7. The van der Waals surface area contributed by atoms with E-state index in [9.17, 15) is 19.5 Å². The zero-order valence-electron chi connectivity index (χ0n) is 17.3. The Balaban J connectivity index is 1.19. The lowest BCUT2D eigenvalue weighted by Crippen LogP contribution is -2.38. The number of nitrogens with one attached hydrogen (secondary N) is 2. The van der Waals surface area contributed by atoms with Crippen molar-refractivity contribution in [1.29, 1.82) is 0 Å². The van der Waals surface area contributed by atoms with Crippen LogP contribution in [0.25, 0.3) is 10.8 Å². The predicted octanol–water partition coefficient (Wildman–Crippen LogP) is 2.05. The highest BCUT2D eigenvalue weighted by Crippen LogP contribution is 2.34. The van der Waals surface area contributed by atoms with Crippen LogP contribution < -0.4 is 10.6 Å². The van der Waals surface area contributed by atoms with Gasteiger partial charge in [-0.1, -0.05) is 30.7 Å². The Hall–Kier alpha value is -2.58. The van der Waals surface area contributed by atoms with Crippen molar-refractivity contribution >= 4 is 40.3 Å². The zero-order valence-corrected chi connectivity index (χ0v) is 18.1. The van der Waals surface area contributed by atoms with Gasteiger partial charge in [-0.15, -0.1) is 11.8 Å². The molecule has 0 radical (unpaired) electrons. The van der Waals surface area contributed by atoms with Crippen LogP contribution in [0.1, 0.15) is 41.4 Å². The van der Waals surface area contributed by atoms with E-state index in [0.29, 0.717) is 17.0 Å². The molecule has 0 bridgehead atoms. The average Bonchev–Trinajstić information content (AvgIpc) is 2.95. The van der Waals surface area contributed by atoms with E-state index >= 15 is 0 Å². The van der Waals surface area contributed by atoms with Gasteiger partial charge in [0.15, 0.2) is 6.23 Å². The molecular formula is C23H27N3O4S. The lowest BCUT2D eigenvalue weighted by Gasteiger charge is -2.25. The number of aliphatic hydroxyl groups is 1. The number of fused-ring (bicyclic) bond motifs is 2. The first-order valence-corrected chi connectivity index (χ1v) is 11.8. The minimum absolute atomic E-state index is 0.0411. The Labute approximate surface area is 185 Å². The molecule has 2 aliphatic rings. The second-order valence-corrected chi connectivity index (χ2v) is 9.09. The maximum atomic E-state index is 12.7. The first kappa shape index (κ1) is 21.6. The summed E-state index contributed by atoms with van der Waals surface area (Å²) in [4.78, 5) is 37.9. The van der Waals surface area contributed by atoms with Crippen LogP contribution in [0.3, 0.4) is 0 Å². The van der Waals surface area contributed by atoms with E-state index in [1.54, 1.807) is 0 Å². The number of carbonyl (C=O) groups is 3. The van der Waals surface area contributed by atoms with Crippen LogP contribution in [0.4, 0.5) is 0 Å². The Kier molecular flexibility index (Phi) is 6.77. The molecule has 2 aromatic carbocycles. The van der Waals surface area contributed by atoms with Crippen LogP contribution in [0, 0.1) is 5.92 Å². The van der Waals surface area contributed by atoms with Crippen LogP contribution in [0.2, 0.25) is 0 Å². The number of hydrogen-bond donors (Lipinski definition) is 3. The number of hydrogen-bond acceptors (Lipinski definition) is 5. The lowest BCUT2D eigenvalue weighted by atomic mass is 9.85. The number of aliphatic hydroxyl groups excluding tert-OH is 1. The summed E-state index contributed by atoms with van der Waals surface area (Å²) in [5, 5.41) is 18.2. The normalized spacial score (nSPS) is 18.0.